The van der Waals surface area contributed by atoms with Crippen LogP contribution in [0.5, 0.6) is 5.75 Å². The van der Waals surface area contributed by atoms with E-state index in [0.29, 0.717) is 0 Å². The summed E-state index contributed by atoms with van der Waals surface area (Å²) in [6.45, 7) is 0. The van der Waals surface area contributed by atoms with Crippen molar-refractivity contribution in [2.45, 2.75) is 12.4 Å². The Labute approximate surface area is 107 Å². The molecule has 0 aliphatic heterocycles. The van der Waals surface area contributed by atoms with Crippen molar-refractivity contribution in [1.29, 1.82) is 0 Å². The summed E-state index contributed by atoms with van der Waals surface area (Å²) in [6.07, 6.45) is -10.2. The van der Waals surface area contributed by atoms with Crippen LogP contribution in [0, 0.1) is 0 Å². The average Bonchev–Trinajstić information content (AvgIpc) is 2.24. The summed E-state index contributed by atoms with van der Waals surface area (Å²) in [7, 11) is 0.832. The maximum atomic E-state index is 12.7. The lowest BCUT2D eigenvalue weighted by Gasteiger charge is -2.17. The molecule has 9 heteroatoms. The third kappa shape index (κ3) is 3.31. The van der Waals surface area contributed by atoms with Crippen molar-refractivity contribution in [1.82, 2.24) is 0 Å². The smallest absolute Gasteiger partial charge is 0.417 e. The molecule has 0 bridgehead atoms. The third-order valence-electron chi connectivity index (χ3n) is 2.15. The maximum Gasteiger partial charge on any atom is 0.417 e. The van der Waals surface area contributed by atoms with E-state index in [9.17, 15) is 31.1 Å². The van der Waals surface area contributed by atoms with Gasteiger partial charge in [-0.3, -0.25) is 4.79 Å². The molecular formula is C10H5ClF6O2. The Morgan fingerprint density at radius 2 is 1.63 bits per heavy atom. The molecule has 0 aromatic heterocycles. The van der Waals surface area contributed by atoms with Gasteiger partial charge in [-0.15, -0.1) is 0 Å². The molecule has 0 radical (unpaired) electrons. The molecule has 0 spiro atoms. The van der Waals surface area contributed by atoms with Crippen molar-refractivity contribution in [3.63, 3.8) is 0 Å². The number of carbonyl (C=O) groups is 1. The van der Waals surface area contributed by atoms with Crippen LogP contribution in [0.1, 0.15) is 21.5 Å². The minimum atomic E-state index is -5.17. The van der Waals surface area contributed by atoms with Gasteiger partial charge in [-0.1, -0.05) is 0 Å². The lowest BCUT2D eigenvalue weighted by atomic mass is 10.0. The monoisotopic (exact) mass is 306 g/mol. The Morgan fingerprint density at radius 3 is 1.95 bits per heavy atom. The molecule has 0 aliphatic carbocycles. The molecule has 1 aromatic rings. The van der Waals surface area contributed by atoms with Gasteiger partial charge in [-0.05, 0) is 23.7 Å². The molecule has 0 saturated heterocycles. The van der Waals surface area contributed by atoms with Gasteiger partial charge in [0.05, 0.1) is 23.8 Å². The zero-order valence-electron chi connectivity index (χ0n) is 9.12. The summed E-state index contributed by atoms with van der Waals surface area (Å²) in [5.74, 6) is -0.887. The fraction of sp³-hybridized carbons (Fsp3) is 0.300. The molecule has 0 amide bonds. The standard InChI is InChI=1S/C10H5ClF6O2/c1-19-6-3-4(9(12,13)14)2-5(10(15,16)17)7(6)8(11)18/h2-3H,1H3. The second-order valence-electron chi connectivity index (χ2n) is 3.37. The number of ether oxygens (including phenoxy) is 1. The minimum Gasteiger partial charge on any atom is -0.496 e. The van der Waals surface area contributed by atoms with E-state index in [4.69, 9.17) is 11.6 Å². The summed E-state index contributed by atoms with van der Waals surface area (Å²) in [5.41, 5.74) is -4.53. The van der Waals surface area contributed by atoms with Crippen LogP contribution in [-0.4, -0.2) is 12.4 Å². The van der Waals surface area contributed by atoms with Crippen LogP contribution < -0.4 is 4.74 Å². The largest absolute Gasteiger partial charge is 0.496 e. The number of alkyl halides is 6. The average molecular weight is 307 g/mol. The predicted molar refractivity (Wildman–Crippen MR) is 53.2 cm³/mol. The first kappa shape index (κ1) is 15.6. The molecule has 0 atom stereocenters. The van der Waals surface area contributed by atoms with Gasteiger partial charge in [-0.2, -0.15) is 26.3 Å². The highest BCUT2D eigenvalue weighted by atomic mass is 35.5. The van der Waals surface area contributed by atoms with Gasteiger partial charge in [0.15, 0.2) is 0 Å². The fourth-order valence-electron chi connectivity index (χ4n) is 1.37. The van der Waals surface area contributed by atoms with Gasteiger partial charge in [-0.25, -0.2) is 0 Å². The van der Waals surface area contributed by atoms with Crippen molar-refractivity contribution in [2.75, 3.05) is 7.11 Å². The minimum absolute atomic E-state index is 0.182. The SMILES string of the molecule is COc1cc(C(F)(F)F)cc(C(F)(F)F)c1C(=O)Cl. The molecule has 0 aliphatic rings. The van der Waals surface area contributed by atoms with E-state index in [0.717, 1.165) is 7.11 Å². The van der Waals surface area contributed by atoms with Gasteiger partial charge in [0.25, 0.3) is 5.24 Å². The summed E-state index contributed by atoms with van der Waals surface area (Å²) in [5, 5.41) is -1.56. The number of rotatable bonds is 2. The Kier molecular flexibility index (Phi) is 4.04. The maximum absolute atomic E-state index is 12.7. The van der Waals surface area contributed by atoms with Crippen molar-refractivity contribution in [3.05, 3.63) is 28.8 Å². The Balaban J connectivity index is 3.70. The topological polar surface area (TPSA) is 26.3 Å². The molecule has 0 N–H and O–H groups in total. The fourth-order valence-corrected chi connectivity index (χ4v) is 1.56. The molecule has 1 aromatic carbocycles. The van der Waals surface area contributed by atoms with E-state index in [2.05, 4.69) is 4.74 Å². The van der Waals surface area contributed by atoms with Gasteiger partial charge < -0.3 is 4.74 Å². The van der Waals surface area contributed by atoms with Crippen LogP contribution in [0.4, 0.5) is 26.3 Å². The van der Waals surface area contributed by atoms with Gasteiger partial charge in [0.1, 0.15) is 5.75 Å². The van der Waals surface area contributed by atoms with Crippen molar-refractivity contribution in [3.8, 4) is 5.75 Å². The van der Waals surface area contributed by atoms with Crippen LogP contribution in [0.15, 0.2) is 12.1 Å². The molecule has 0 saturated carbocycles. The molecule has 19 heavy (non-hydrogen) atoms. The lowest BCUT2D eigenvalue weighted by Crippen LogP contribution is -2.16. The third-order valence-corrected chi connectivity index (χ3v) is 2.34. The molecule has 0 fully saturated rings. The summed E-state index contributed by atoms with van der Waals surface area (Å²) in [4.78, 5) is 11.0. The van der Waals surface area contributed by atoms with Gasteiger partial charge in [0, 0.05) is 0 Å². The highest BCUT2D eigenvalue weighted by Gasteiger charge is 2.41. The van der Waals surface area contributed by atoms with E-state index in [-0.39, 0.29) is 12.1 Å². The van der Waals surface area contributed by atoms with Crippen LogP contribution >= 0.6 is 11.6 Å². The summed E-state index contributed by atoms with van der Waals surface area (Å²) in [6, 6.07) is 0.100. The van der Waals surface area contributed by atoms with E-state index in [1.54, 1.807) is 0 Å². The van der Waals surface area contributed by atoms with E-state index in [1.165, 1.54) is 0 Å². The van der Waals surface area contributed by atoms with Crippen molar-refractivity contribution < 1.29 is 35.9 Å². The molecule has 0 heterocycles. The Morgan fingerprint density at radius 1 is 1.11 bits per heavy atom. The van der Waals surface area contributed by atoms with Crippen LogP contribution in [0.2, 0.25) is 0 Å². The highest BCUT2D eigenvalue weighted by Crippen LogP contribution is 2.41. The van der Waals surface area contributed by atoms with E-state index < -0.39 is 40.0 Å². The zero-order valence-corrected chi connectivity index (χ0v) is 9.87. The highest BCUT2D eigenvalue weighted by molar-refractivity contribution is 6.68. The number of halogens is 7. The first-order valence-electron chi connectivity index (χ1n) is 4.54. The molecule has 2 nitrogen and oxygen atoms in total. The zero-order chi connectivity index (χ0) is 15.0. The van der Waals surface area contributed by atoms with Crippen LogP contribution in [0.3, 0.4) is 0 Å². The van der Waals surface area contributed by atoms with Gasteiger partial charge in [0.2, 0.25) is 0 Å². The van der Waals surface area contributed by atoms with Crippen LogP contribution in [0.25, 0.3) is 0 Å². The number of methoxy groups -OCH3 is 1. The van der Waals surface area contributed by atoms with Crippen molar-refractivity contribution >= 4 is 16.8 Å². The molecule has 106 valence electrons. The van der Waals surface area contributed by atoms with Crippen LogP contribution in [-0.2, 0) is 12.4 Å². The Bertz CT molecular complexity index is 506. The van der Waals surface area contributed by atoms with E-state index in [1.807, 2.05) is 0 Å². The predicted octanol–water partition coefficient (Wildman–Crippen LogP) is 4.11. The summed E-state index contributed by atoms with van der Waals surface area (Å²) >= 11 is 4.96. The first-order valence-corrected chi connectivity index (χ1v) is 4.92. The number of hydrogen-bond donors (Lipinski definition) is 0. The number of benzene rings is 1. The van der Waals surface area contributed by atoms with Gasteiger partial charge >= 0.3 is 12.4 Å². The Hall–Kier alpha value is -1.44. The number of hydrogen-bond acceptors (Lipinski definition) is 2. The molecule has 0 unspecified atom stereocenters. The first-order chi connectivity index (χ1) is 8.48. The lowest BCUT2D eigenvalue weighted by molar-refractivity contribution is -0.143. The quantitative estimate of drug-likeness (QED) is 0.607. The number of carbonyl (C=O) groups excluding carboxylic acids is 1. The molecular weight excluding hydrogens is 302 g/mol. The van der Waals surface area contributed by atoms with E-state index >= 15 is 0 Å². The van der Waals surface area contributed by atoms with Crippen molar-refractivity contribution in [2.24, 2.45) is 0 Å². The normalized spacial score (nSPS) is 12.4. The summed E-state index contributed by atoms with van der Waals surface area (Å²) < 4.78 is 79.7. The second kappa shape index (κ2) is 4.92. The second-order valence-corrected chi connectivity index (χ2v) is 3.71. The molecule has 1 rings (SSSR count).